The van der Waals surface area contributed by atoms with Gasteiger partial charge in [0.05, 0.1) is 5.02 Å². The van der Waals surface area contributed by atoms with Gasteiger partial charge in [-0.05, 0) is 36.4 Å². The Morgan fingerprint density at radius 1 is 0.958 bits per heavy atom. The van der Waals surface area contributed by atoms with Gasteiger partial charge in [-0.25, -0.2) is 13.4 Å². The second kappa shape index (κ2) is 6.64. The second-order valence-corrected chi connectivity index (χ2v) is 7.55. The average molecular weight is 403 g/mol. The molecule has 3 aromatic rings. The van der Waals surface area contributed by atoms with Crippen molar-refractivity contribution >= 4 is 50.5 Å². The molecule has 0 atom stereocenters. The molecule has 3 rings (SSSR count). The van der Waals surface area contributed by atoms with Gasteiger partial charge in [-0.3, -0.25) is 9.29 Å². The van der Waals surface area contributed by atoms with Gasteiger partial charge < -0.3 is 0 Å². The van der Waals surface area contributed by atoms with Crippen LogP contribution in [0, 0.1) is 0 Å². The number of rotatable bonds is 4. The van der Waals surface area contributed by atoms with Crippen LogP contribution in [-0.4, -0.2) is 18.0 Å². The highest BCUT2D eigenvalue weighted by molar-refractivity contribution is 7.92. The Balaban J connectivity index is 1.87. The molecule has 0 radical (unpaired) electrons. The Labute approximate surface area is 153 Å². The van der Waals surface area contributed by atoms with Crippen LogP contribution in [0.1, 0.15) is 0 Å². The first-order valence-corrected chi connectivity index (χ1v) is 9.26. The van der Waals surface area contributed by atoms with Crippen molar-refractivity contribution in [1.82, 2.24) is 9.55 Å². The highest BCUT2D eigenvalue weighted by atomic mass is 35.5. The van der Waals surface area contributed by atoms with Crippen molar-refractivity contribution in [1.29, 1.82) is 0 Å². The lowest BCUT2D eigenvalue weighted by molar-refractivity contribution is 0.601. The number of nitrogens with zero attached hydrogens (tertiary/aromatic N) is 2. The van der Waals surface area contributed by atoms with Gasteiger partial charge in [0.1, 0.15) is 11.2 Å². The SMILES string of the molecule is O=S(=O)(Nc1ccc(-n2cnc(Cl)c2Cl)cc1)c1ccccc1Cl. The van der Waals surface area contributed by atoms with E-state index >= 15 is 0 Å². The van der Waals surface area contributed by atoms with Crippen molar-refractivity contribution in [2.45, 2.75) is 4.90 Å². The zero-order valence-corrected chi connectivity index (χ0v) is 15.0. The van der Waals surface area contributed by atoms with E-state index in [4.69, 9.17) is 34.8 Å². The number of halogens is 3. The molecule has 0 bridgehead atoms. The summed E-state index contributed by atoms with van der Waals surface area (Å²) in [4.78, 5) is 3.91. The maximum atomic E-state index is 12.4. The molecular formula is C15H10Cl3N3O2S. The Hall–Kier alpha value is -1.73. The highest BCUT2D eigenvalue weighted by Crippen LogP contribution is 2.26. The molecule has 0 aliphatic carbocycles. The van der Waals surface area contributed by atoms with E-state index in [1.807, 2.05) is 0 Å². The van der Waals surface area contributed by atoms with E-state index in [-0.39, 0.29) is 20.2 Å². The number of imidazole rings is 1. The van der Waals surface area contributed by atoms with Crippen LogP contribution in [0.3, 0.4) is 0 Å². The first kappa shape index (κ1) is 17.1. The monoisotopic (exact) mass is 401 g/mol. The topological polar surface area (TPSA) is 64.0 Å². The minimum Gasteiger partial charge on any atom is -0.288 e. The summed E-state index contributed by atoms with van der Waals surface area (Å²) in [5.41, 5.74) is 1.08. The number of anilines is 1. The second-order valence-electron chi connectivity index (χ2n) is 4.78. The van der Waals surface area contributed by atoms with Crippen LogP contribution in [0.15, 0.2) is 59.8 Å². The third-order valence-corrected chi connectivity index (χ3v) is 5.81. The van der Waals surface area contributed by atoms with Crippen LogP contribution in [0.4, 0.5) is 5.69 Å². The summed E-state index contributed by atoms with van der Waals surface area (Å²) in [6, 6.07) is 12.8. The van der Waals surface area contributed by atoms with Crippen molar-refractivity contribution in [2.24, 2.45) is 0 Å². The Kier molecular flexibility index (Phi) is 4.73. The van der Waals surface area contributed by atoms with E-state index in [2.05, 4.69) is 9.71 Å². The van der Waals surface area contributed by atoms with Crippen LogP contribution in [-0.2, 0) is 10.0 Å². The maximum Gasteiger partial charge on any atom is 0.263 e. The molecule has 0 saturated carbocycles. The Morgan fingerprint density at radius 3 is 2.21 bits per heavy atom. The predicted octanol–water partition coefficient (Wildman–Crippen LogP) is 4.63. The van der Waals surface area contributed by atoms with E-state index in [0.29, 0.717) is 11.4 Å². The molecule has 0 aliphatic rings. The zero-order chi connectivity index (χ0) is 17.3. The molecule has 24 heavy (non-hydrogen) atoms. The summed E-state index contributed by atoms with van der Waals surface area (Å²) in [5, 5.41) is 0.627. The molecule has 0 amide bonds. The van der Waals surface area contributed by atoms with Crippen LogP contribution in [0.2, 0.25) is 15.3 Å². The number of benzene rings is 2. The van der Waals surface area contributed by atoms with Gasteiger partial charge in [-0.1, -0.05) is 46.9 Å². The first-order valence-electron chi connectivity index (χ1n) is 6.64. The van der Waals surface area contributed by atoms with Gasteiger partial charge in [0.2, 0.25) is 0 Å². The predicted molar refractivity (Wildman–Crippen MR) is 95.8 cm³/mol. The molecule has 0 saturated heterocycles. The van der Waals surface area contributed by atoms with Crippen LogP contribution in [0.25, 0.3) is 5.69 Å². The molecule has 1 N–H and O–H groups in total. The molecular weight excluding hydrogens is 393 g/mol. The number of hydrogen-bond donors (Lipinski definition) is 1. The largest absolute Gasteiger partial charge is 0.288 e. The first-order chi connectivity index (χ1) is 11.4. The van der Waals surface area contributed by atoms with Crippen molar-refractivity contribution < 1.29 is 8.42 Å². The molecule has 0 spiro atoms. The molecule has 0 aliphatic heterocycles. The molecule has 1 heterocycles. The maximum absolute atomic E-state index is 12.4. The lowest BCUT2D eigenvalue weighted by atomic mass is 10.3. The zero-order valence-electron chi connectivity index (χ0n) is 11.9. The number of hydrogen-bond acceptors (Lipinski definition) is 3. The smallest absolute Gasteiger partial charge is 0.263 e. The molecule has 0 fully saturated rings. The number of aromatic nitrogens is 2. The van der Waals surface area contributed by atoms with E-state index < -0.39 is 10.0 Å². The summed E-state index contributed by atoms with van der Waals surface area (Å²) in [6.45, 7) is 0. The number of sulfonamides is 1. The van der Waals surface area contributed by atoms with Gasteiger partial charge in [0.15, 0.2) is 10.3 Å². The fraction of sp³-hybridized carbons (Fsp3) is 0. The molecule has 5 nitrogen and oxygen atoms in total. The van der Waals surface area contributed by atoms with Gasteiger partial charge in [-0.15, -0.1) is 0 Å². The van der Waals surface area contributed by atoms with Crippen molar-refractivity contribution in [3.63, 3.8) is 0 Å². The quantitative estimate of drug-likeness (QED) is 0.692. The van der Waals surface area contributed by atoms with Crippen molar-refractivity contribution in [2.75, 3.05) is 4.72 Å². The van der Waals surface area contributed by atoms with Gasteiger partial charge in [0.25, 0.3) is 10.0 Å². The van der Waals surface area contributed by atoms with Gasteiger partial charge in [-0.2, -0.15) is 0 Å². The number of nitrogens with one attached hydrogen (secondary N) is 1. The molecule has 2 aromatic carbocycles. The summed E-state index contributed by atoms with van der Waals surface area (Å²) in [6.07, 6.45) is 1.48. The molecule has 124 valence electrons. The van der Waals surface area contributed by atoms with E-state index in [0.717, 1.165) is 0 Å². The summed E-state index contributed by atoms with van der Waals surface area (Å²) in [5.74, 6) is 0. The van der Waals surface area contributed by atoms with E-state index in [9.17, 15) is 8.42 Å². The summed E-state index contributed by atoms with van der Waals surface area (Å²) in [7, 11) is -3.77. The minimum atomic E-state index is -3.77. The molecule has 9 heteroatoms. The minimum absolute atomic E-state index is 0.0141. The fourth-order valence-corrected chi connectivity index (χ4v) is 3.96. The van der Waals surface area contributed by atoms with Crippen LogP contribution >= 0.6 is 34.8 Å². The van der Waals surface area contributed by atoms with Crippen LogP contribution < -0.4 is 4.72 Å². The lowest BCUT2D eigenvalue weighted by Gasteiger charge is -2.10. The fourth-order valence-electron chi connectivity index (χ4n) is 2.05. The lowest BCUT2D eigenvalue weighted by Crippen LogP contribution is -2.13. The van der Waals surface area contributed by atoms with Crippen molar-refractivity contribution in [3.05, 3.63) is 70.2 Å². The average Bonchev–Trinajstić information content (AvgIpc) is 2.88. The van der Waals surface area contributed by atoms with Crippen molar-refractivity contribution in [3.8, 4) is 5.69 Å². The van der Waals surface area contributed by atoms with E-state index in [1.165, 1.54) is 18.5 Å². The van der Waals surface area contributed by atoms with Gasteiger partial charge in [0, 0.05) is 11.4 Å². The van der Waals surface area contributed by atoms with Crippen LogP contribution in [0.5, 0.6) is 0 Å². The van der Waals surface area contributed by atoms with E-state index in [1.54, 1.807) is 41.0 Å². The summed E-state index contributed by atoms with van der Waals surface area (Å²) >= 11 is 17.8. The Morgan fingerprint density at radius 2 is 1.62 bits per heavy atom. The standard InChI is InChI=1S/C15H10Cl3N3O2S/c16-12-3-1-2-4-13(12)24(22,23)20-10-5-7-11(8-6-10)21-9-19-14(17)15(21)18/h1-9,20H. The van der Waals surface area contributed by atoms with Gasteiger partial charge >= 0.3 is 0 Å². The third kappa shape index (κ3) is 3.37. The molecule has 1 aromatic heterocycles. The third-order valence-electron chi connectivity index (χ3n) is 3.19. The summed E-state index contributed by atoms with van der Waals surface area (Å²) < 4.78 is 28.8. The highest BCUT2D eigenvalue weighted by Gasteiger charge is 2.17. The normalized spacial score (nSPS) is 11.5. The molecule has 0 unspecified atom stereocenters. The Bertz CT molecular complexity index is 985.